The van der Waals surface area contributed by atoms with Gasteiger partial charge in [-0.05, 0) is 18.6 Å². The van der Waals surface area contributed by atoms with Gasteiger partial charge in [-0.15, -0.1) is 0 Å². The van der Waals surface area contributed by atoms with Crippen molar-refractivity contribution in [1.29, 1.82) is 0 Å². The van der Waals surface area contributed by atoms with Gasteiger partial charge in [-0.3, -0.25) is 4.79 Å². The molecule has 0 heterocycles. The van der Waals surface area contributed by atoms with Gasteiger partial charge in [0.05, 0.1) is 10.0 Å². The molecule has 0 amide bonds. The molecule has 0 aliphatic heterocycles. The number of nitrogens with one attached hydrogen (secondary N) is 1. The molecule has 0 bridgehead atoms. The van der Waals surface area contributed by atoms with Crippen LogP contribution in [0.5, 0.6) is 0 Å². The topological polar surface area (TPSA) is 83.5 Å². The van der Waals surface area contributed by atoms with Crippen molar-refractivity contribution in [3.63, 3.8) is 0 Å². The fraction of sp³-hybridized carbons (Fsp3) is 0.417. The number of hydrogen-bond acceptors (Lipinski definition) is 3. The summed E-state index contributed by atoms with van der Waals surface area (Å²) < 4.78 is 39.8. The summed E-state index contributed by atoms with van der Waals surface area (Å²) >= 11 is 11.1. The molecule has 0 aliphatic rings. The van der Waals surface area contributed by atoms with E-state index in [1.54, 1.807) is 0 Å². The van der Waals surface area contributed by atoms with Gasteiger partial charge in [0.2, 0.25) is 10.0 Å². The van der Waals surface area contributed by atoms with Crippen LogP contribution < -0.4 is 4.72 Å². The van der Waals surface area contributed by atoms with E-state index in [9.17, 15) is 17.6 Å². The molecule has 1 aromatic rings. The van der Waals surface area contributed by atoms with Gasteiger partial charge < -0.3 is 5.11 Å². The molecule has 1 aromatic carbocycles. The molecule has 0 saturated carbocycles. The van der Waals surface area contributed by atoms with Gasteiger partial charge in [0.1, 0.15) is 10.9 Å². The Labute approximate surface area is 132 Å². The second-order valence-corrected chi connectivity index (χ2v) is 6.80. The van der Waals surface area contributed by atoms with Crippen molar-refractivity contribution in [1.82, 2.24) is 4.72 Å². The van der Waals surface area contributed by atoms with Crippen LogP contribution in [0.3, 0.4) is 0 Å². The Kier molecular flexibility index (Phi) is 6.40. The highest BCUT2D eigenvalue weighted by atomic mass is 35.5. The molecule has 1 rings (SSSR count). The Morgan fingerprint density at radius 3 is 2.57 bits per heavy atom. The largest absolute Gasteiger partial charge is 0.480 e. The monoisotopic (exact) mass is 357 g/mol. The molecule has 0 saturated heterocycles. The van der Waals surface area contributed by atoms with Gasteiger partial charge in [-0.2, -0.15) is 4.72 Å². The van der Waals surface area contributed by atoms with E-state index < -0.39 is 37.8 Å². The lowest BCUT2D eigenvalue weighted by atomic mass is 10.1. The van der Waals surface area contributed by atoms with Gasteiger partial charge in [-0.1, -0.05) is 43.0 Å². The Morgan fingerprint density at radius 2 is 2.05 bits per heavy atom. The zero-order chi connectivity index (χ0) is 16.2. The van der Waals surface area contributed by atoms with Crippen molar-refractivity contribution in [3.05, 3.63) is 28.0 Å². The minimum Gasteiger partial charge on any atom is -0.480 e. The van der Waals surface area contributed by atoms with E-state index in [2.05, 4.69) is 0 Å². The summed E-state index contributed by atoms with van der Waals surface area (Å²) in [4.78, 5) is 10.5. The Bertz CT molecular complexity index is 636. The van der Waals surface area contributed by atoms with E-state index in [4.69, 9.17) is 28.3 Å². The van der Waals surface area contributed by atoms with Crippen LogP contribution in [0.4, 0.5) is 4.39 Å². The van der Waals surface area contributed by atoms with Gasteiger partial charge in [0.15, 0.2) is 5.82 Å². The van der Waals surface area contributed by atoms with Gasteiger partial charge in [0, 0.05) is 0 Å². The number of sulfonamides is 1. The maximum Gasteiger partial charge on any atom is 0.321 e. The van der Waals surface area contributed by atoms with Crippen molar-refractivity contribution in [2.45, 2.75) is 37.1 Å². The molecule has 2 N–H and O–H groups in total. The maximum absolute atomic E-state index is 13.5. The maximum atomic E-state index is 13.5. The molecule has 0 unspecified atom stereocenters. The van der Waals surface area contributed by atoms with E-state index in [1.807, 2.05) is 11.6 Å². The average Bonchev–Trinajstić information content (AvgIpc) is 2.40. The zero-order valence-electron chi connectivity index (χ0n) is 11.1. The number of carboxylic acids is 1. The lowest BCUT2D eigenvalue weighted by Gasteiger charge is -2.15. The Balaban J connectivity index is 3.11. The first kappa shape index (κ1) is 18.2. The van der Waals surface area contributed by atoms with Crippen LogP contribution in [0.2, 0.25) is 10.0 Å². The van der Waals surface area contributed by atoms with E-state index in [0.29, 0.717) is 12.8 Å². The van der Waals surface area contributed by atoms with Crippen LogP contribution in [-0.4, -0.2) is 25.5 Å². The van der Waals surface area contributed by atoms with Crippen LogP contribution in [-0.2, 0) is 14.8 Å². The highest BCUT2D eigenvalue weighted by molar-refractivity contribution is 7.89. The predicted molar refractivity (Wildman–Crippen MR) is 77.7 cm³/mol. The van der Waals surface area contributed by atoms with Gasteiger partial charge in [0.25, 0.3) is 0 Å². The summed E-state index contributed by atoms with van der Waals surface area (Å²) in [7, 11) is -4.27. The Hall–Kier alpha value is -0.890. The minimum atomic E-state index is -4.27. The summed E-state index contributed by atoms with van der Waals surface area (Å²) in [5.74, 6) is -2.38. The number of hydrogen-bond donors (Lipinski definition) is 2. The lowest BCUT2D eigenvalue weighted by Crippen LogP contribution is -2.40. The van der Waals surface area contributed by atoms with E-state index >= 15 is 0 Å². The summed E-state index contributed by atoms with van der Waals surface area (Å²) in [6.07, 6.45) is 1.36. The second-order valence-electron chi connectivity index (χ2n) is 4.33. The number of carbonyl (C=O) groups is 1. The third-order valence-corrected chi connectivity index (χ3v) is 5.02. The fourth-order valence-corrected chi connectivity index (χ4v) is 3.58. The molecule has 0 aliphatic carbocycles. The molecule has 5 nitrogen and oxygen atoms in total. The molecule has 21 heavy (non-hydrogen) atoms. The minimum absolute atomic E-state index is 0.124. The fourth-order valence-electron chi connectivity index (χ4n) is 1.61. The summed E-state index contributed by atoms with van der Waals surface area (Å²) in [6, 6.07) is 0.762. The third kappa shape index (κ3) is 4.54. The number of unbranched alkanes of at least 4 members (excludes halogenated alkanes) is 1. The molecule has 1 atom stereocenters. The molecule has 118 valence electrons. The number of rotatable bonds is 7. The molecule has 0 radical (unpaired) electrons. The van der Waals surface area contributed by atoms with Crippen LogP contribution in [0.15, 0.2) is 17.0 Å². The third-order valence-electron chi connectivity index (χ3n) is 2.73. The van der Waals surface area contributed by atoms with Crippen molar-refractivity contribution in [3.8, 4) is 0 Å². The first-order chi connectivity index (χ1) is 9.70. The highest BCUT2D eigenvalue weighted by Crippen LogP contribution is 2.29. The lowest BCUT2D eigenvalue weighted by molar-refractivity contribution is -0.139. The standard InChI is InChI=1S/C12H14Cl2FNO4S/c1-2-3-4-8(12(17)18)16-21(19,20)9-6-5-7(13)11(15)10(9)14/h5-6,8,16H,2-4H2,1H3,(H,17,18)/t8-/m0/s1. The van der Waals surface area contributed by atoms with Crippen LogP contribution in [0, 0.1) is 5.82 Å². The normalized spacial score (nSPS) is 13.1. The Morgan fingerprint density at radius 1 is 1.43 bits per heavy atom. The SMILES string of the molecule is CCCC[C@H](NS(=O)(=O)c1ccc(Cl)c(F)c1Cl)C(=O)O. The van der Waals surface area contributed by atoms with Gasteiger partial charge in [-0.25, -0.2) is 12.8 Å². The van der Waals surface area contributed by atoms with E-state index in [-0.39, 0.29) is 11.4 Å². The van der Waals surface area contributed by atoms with Crippen LogP contribution in [0.1, 0.15) is 26.2 Å². The zero-order valence-corrected chi connectivity index (χ0v) is 13.4. The van der Waals surface area contributed by atoms with Crippen molar-refractivity contribution >= 4 is 39.2 Å². The number of aliphatic carboxylic acids is 1. The van der Waals surface area contributed by atoms with Crippen LogP contribution >= 0.6 is 23.2 Å². The quantitative estimate of drug-likeness (QED) is 0.734. The summed E-state index contributed by atoms with van der Waals surface area (Å²) in [5.41, 5.74) is 0. The number of halogens is 3. The van der Waals surface area contributed by atoms with E-state index in [1.165, 1.54) is 0 Å². The molecule has 0 spiro atoms. The molecule has 0 fully saturated rings. The smallest absolute Gasteiger partial charge is 0.321 e. The van der Waals surface area contributed by atoms with Crippen molar-refractivity contribution in [2.24, 2.45) is 0 Å². The predicted octanol–water partition coefficient (Wildman–Crippen LogP) is 3.05. The first-order valence-corrected chi connectivity index (χ1v) is 8.33. The van der Waals surface area contributed by atoms with Crippen molar-refractivity contribution < 1.29 is 22.7 Å². The summed E-state index contributed by atoms with van der Waals surface area (Å²) in [6.45, 7) is 1.85. The average molecular weight is 358 g/mol. The number of carboxylic acid groups (broad SMARTS) is 1. The first-order valence-electron chi connectivity index (χ1n) is 6.09. The molecular formula is C12H14Cl2FNO4S. The molecule has 0 aromatic heterocycles. The molecular weight excluding hydrogens is 344 g/mol. The van der Waals surface area contributed by atoms with Gasteiger partial charge >= 0.3 is 5.97 Å². The van der Waals surface area contributed by atoms with E-state index in [0.717, 1.165) is 12.1 Å². The summed E-state index contributed by atoms with van der Waals surface area (Å²) in [5, 5.41) is 8.03. The van der Waals surface area contributed by atoms with Crippen LogP contribution in [0.25, 0.3) is 0 Å². The van der Waals surface area contributed by atoms with Crippen molar-refractivity contribution in [2.75, 3.05) is 0 Å². The molecule has 9 heteroatoms. The number of benzene rings is 1. The second kappa shape index (κ2) is 7.40. The highest BCUT2D eigenvalue weighted by Gasteiger charge is 2.28.